The van der Waals surface area contributed by atoms with E-state index in [2.05, 4.69) is 4.72 Å². The van der Waals surface area contributed by atoms with Crippen LogP contribution in [0.2, 0.25) is 0 Å². The van der Waals surface area contributed by atoms with Gasteiger partial charge in [0, 0.05) is 11.8 Å². The minimum Gasteiger partial charge on any atom is -0.497 e. The number of benzene rings is 2. The summed E-state index contributed by atoms with van der Waals surface area (Å²) in [5.41, 5.74) is 0.869. The first-order valence-corrected chi connectivity index (χ1v) is 9.22. The van der Waals surface area contributed by atoms with Gasteiger partial charge < -0.3 is 14.2 Å². The normalized spacial score (nSPS) is 14.1. The van der Waals surface area contributed by atoms with Crippen molar-refractivity contribution in [3.63, 3.8) is 0 Å². The van der Waals surface area contributed by atoms with E-state index in [0.29, 0.717) is 36.0 Å². The van der Waals surface area contributed by atoms with Crippen molar-refractivity contribution in [2.24, 2.45) is 0 Å². The summed E-state index contributed by atoms with van der Waals surface area (Å²) in [5.74, 6) is 0.885. The maximum Gasteiger partial charge on any atom is 0.414 e. The van der Waals surface area contributed by atoms with E-state index in [-0.39, 0.29) is 4.90 Å². The topological polar surface area (TPSA) is 94.2 Å². The van der Waals surface area contributed by atoms with E-state index in [1.165, 1.54) is 31.3 Å². The number of amides is 1. The predicted octanol–water partition coefficient (Wildman–Crippen LogP) is 2.46. The highest BCUT2D eigenvalue weighted by molar-refractivity contribution is 7.92. The fourth-order valence-electron chi connectivity index (χ4n) is 2.52. The number of carbonyl (C=O) groups excluding carboxylic acids is 1. The van der Waals surface area contributed by atoms with Gasteiger partial charge in [-0.05, 0) is 36.4 Å². The van der Waals surface area contributed by atoms with Crippen LogP contribution in [0.25, 0.3) is 0 Å². The van der Waals surface area contributed by atoms with Crippen LogP contribution in [0, 0.1) is 0 Å². The Morgan fingerprint density at radius 3 is 2.38 bits per heavy atom. The van der Waals surface area contributed by atoms with Crippen molar-refractivity contribution in [1.82, 2.24) is 0 Å². The predicted molar refractivity (Wildman–Crippen MR) is 95.5 cm³/mol. The molecule has 1 aliphatic heterocycles. The molecule has 3 rings (SSSR count). The van der Waals surface area contributed by atoms with Crippen LogP contribution in [0.5, 0.6) is 11.5 Å². The molecule has 0 unspecified atom stereocenters. The molecule has 138 valence electrons. The van der Waals surface area contributed by atoms with Crippen LogP contribution in [0.3, 0.4) is 0 Å². The second-order valence-corrected chi connectivity index (χ2v) is 7.11. The van der Waals surface area contributed by atoms with Crippen molar-refractivity contribution in [2.45, 2.75) is 4.90 Å². The molecule has 8 nitrogen and oxygen atoms in total. The monoisotopic (exact) mass is 378 g/mol. The minimum atomic E-state index is -3.82. The van der Waals surface area contributed by atoms with Gasteiger partial charge in [0.2, 0.25) is 0 Å². The lowest BCUT2D eigenvalue weighted by molar-refractivity contribution is 0.181. The number of sulfonamides is 1. The number of carbonyl (C=O) groups is 1. The molecule has 0 saturated carbocycles. The second kappa shape index (κ2) is 7.12. The lowest BCUT2D eigenvalue weighted by Gasteiger charge is -2.15. The summed E-state index contributed by atoms with van der Waals surface area (Å²) in [6, 6.07) is 10.8. The zero-order valence-electron chi connectivity index (χ0n) is 14.3. The van der Waals surface area contributed by atoms with Crippen LogP contribution in [-0.4, -0.2) is 41.9 Å². The molecule has 2 aromatic rings. The molecular formula is C17H18N2O6S. The van der Waals surface area contributed by atoms with Crippen LogP contribution < -0.4 is 19.1 Å². The number of hydrogen-bond acceptors (Lipinski definition) is 6. The first-order chi connectivity index (χ1) is 12.4. The number of rotatable bonds is 6. The van der Waals surface area contributed by atoms with Gasteiger partial charge in [0.25, 0.3) is 10.0 Å². The quantitative estimate of drug-likeness (QED) is 0.830. The number of anilines is 2. The molecule has 9 heteroatoms. The molecule has 1 heterocycles. The maximum absolute atomic E-state index is 12.6. The third-order valence-electron chi connectivity index (χ3n) is 3.87. The van der Waals surface area contributed by atoms with Crippen LogP contribution in [-0.2, 0) is 14.8 Å². The largest absolute Gasteiger partial charge is 0.497 e. The number of cyclic esters (lactones) is 1. The van der Waals surface area contributed by atoms with E-state index < -0.39 is 16.1 Å². The first-order valence-electron chi connectivity index (χ1n) is 7.74. The summed E-state index contributed by atoms with van der Waals surface area (Å²) >= 11 is 0. The average molecular weight is 378 g/mol. The first kappa shape index (κ1) is 17.9. The van der Waals surface area contributed by atoms with E-state index in [1.807, 2.05) is 0 Å². The van der Waals surface area contributed by atoms with Gasteiger partial charge in [-0.15, -0.1) is 0 Å². The van der Waals surface area contributed by atoms with Crippen molar-refractivity contribution in [3.8, 4) is 11.5 Å². The summed E-state index contributed by atoms with van der Waals surface area (Å²) in [6.45, 7) is 0.754. The number of methoxy groups -OCH3 is 2. The molecule has 2 aromatic carbocycles. The molecular weight excluding hydrogens is 360 g/mol. The highest BCUT2D eigenvalue weighted by atomic mass is 32.2. The van der Waals surface area contributed by atoms with Crippen LogP contribution in [0.1, 0.15) is 0 Å². The fraction of sp³-hybridized carbons (Fsp3) is 0.235. The van der Waals surface area contributed by atoms with E-state index in [9.17, 15) is 13.2 Å². The Morgan fingerprint density at radius 1 is 1.08 bits per heavy atom. The molecule has 1 aliphatic rings. The summed E-state index contributed by atoms with van der Waals surface area (Å²) in [4.78, 5) is 13.1. The molecule has 26 heavy (non-hydrogen) atoms. The van der Waals surface area contributed by atoms with E-state index in [4.69, 9.17) is 14.2 Å². The van der Waals surface area contributed by atoms with Gasteiger partial charge in [-0.25, -0.2) is 13.2 Å². The molecule has 1 fully saturated rings. The van der Waals surface area contributed by atoms with Gasteiger partial charge in [-0.3, -0.25) is 9.62 Å². The highest BCUT2D eigenvalue weighted by Crippen LogP contribution is 2.31. The second-order valence-electron chi connectivity index (χ2n) is 5.43. The zero-order chi connectivity index (χ0) is 18.7. The Labute approximate surface area is 151 Å². The smallest absolute Gasteiger partial charge is 0.414 e. The van der Waals surface area contributed by atoms with E-state index >= 15 is 0 Å². The lowest BCUT2D eigenvalue weighted by atomic mass is 10.3. The van der Waals surface area contributed by atoms with Gasteiger partial charge in [0.15, 0.2) is 0 Å². The number of nitrogens with zero attached hydrogens (tertiary/aromatic N) is 1. The molecule has 1 N–H and O–H groups in total. The van der Waals surface area contributed by atoms with Crippen LogP contribution >= 0.6 is 0 Å². The van der Waals surface area contributed by atoms with Crippen LogP contribution in [0.15, 0.2) is 47.4 Å². The van der Waals surface area contributed by atoms with Gasteiger partial charge in [0.05, 0.1) is 31.3 Å². The van der Waals surface area contributed by atoms with Crippen molar-refractivity contribution in [1.29, 1.82) is 0 Å². The SMILES string of the molecule is COc1ccc(NS(=O)(=O)c2ccc(N3CCOC3=O)cc2)c(OC)c1. The van der Waals surface area contributed by atoms with Crippen molar-refractivity contribution < 1.29 is 27.4 Å². The summed E-state index contributed by atoms with van der Waals surface area (Å²) in [5, 5.41) is 0. The van der Waals surface area contributed by atoms with Crippen molar-refractivity contribution >= 4 is 27.5 Å². The van der Waals surface area contributed by atoms with Crippen molar-refractivity contribution in [2.75, 3.05) is 37.0 Å². The zero-order valence-corrected chi connectivity index (χ0v) is 15.1. The maximum atomic E-state index is 12.6. The Bertz CT molecular complexity index is 911. The molecule has 0 aliphatic carbocycles. The van der Waals surface area contributed by atoms with Crippen LogP contribution in [0.4, 0.5) is 16.2 Å². The van der Waals surface area contributed by atoms with E-state index in [0.717, 1.165) is 0 Å². The Hall–Kier alpha value is -2.94. The molecule has 0 aromatic heterocycles. The number of hydrogen-bond donors (Lipinski definition) is 1. The fourth-order valence-corrected chi connectivity index (χ4v) is 3.59. The Balaban J connectivity index is 1.83. The summed E-state index contributed by atoms with van der Waals surface area (Å²) < 4.78 is 42.9. The summed E-state index contributed by atoms with van der Waals surface area (Å²) in [7, 11) is -0.874. The van der Waals surface area contributed by atoms with Crippen molar-refractivity contribution in [3.05, 3.63) is 42.5 Å². The number of ether oxygens (including phenoxy) is 3. The molecule has 0 bridgehead atoms. The molecule has 0 atom stereocenters. The molecule has 0 spiro atoms. The van der Waals surface area contributed by atoms with Gasteiger partial charge in [0.1, 0.15) is 18.1 Å². The average Bonchev–Trinajstić information content (AvgIpc) is 3.08. The minimum absolute atomic E-state index is 0.0617. The van der Waals surface area contributed by atoms with Gasteiger partial charge >= 0.3 is 6.09 Å². The number of nitrogens with one attached hydrogen (secondary N) is 1. The Morgan fingerprint density at radius 2 is 1.81 bits per heavy atom. The van der Waals surface area contributed by atoms with Gasteiger partial charge in [-0.2, -0.15) is 0 Å². The third kappa shape index (κ3) is 3.52. The van der Waals surface area contributed by atoms with Gasteiger partial charge in [-0.1, -0.05) is 0 Å². The molecule has 1 saturated heterocycles. The summed E-state index contributed by atoms with van der Waals surface area (Å²) in [6.07, 6.45) is -0.443. The third-order valence-corrected chi connectivity index (χ3v) is 5.25. The standard InChI is InChI=1S/C17H18N2O6S/c1-23-13-5-8-15(16(11-13)24-2)18-26(21,22)14-6-3-12(4-7-14)19-9-10-25-17(19)20/h3-8,11,18H,9-10H2,1-2H3. The lowest BCUT2D eigenvalue weighted by Crippen LogP contribution is -2.23. The molecule has 1 amide bonds. The molecule has 0 radical (unpaired) electrons. The Kier molecular flexibility index (Phi) is 4.90. The van der Waals surface area contributed by atoms with E-state index in [1.54, 1.807) is 30.3 Å². The highest BCUT2D eigenvalue weighted by Gasteiger charge is 2.24.